The van der Waals surface area contributed by atoms with Crippen LogP contribution in [0.4, 0.5) is 4.39 Å². The highest BCUT2D eigenvalue weighted by Crippen LogP contribution is 2.40. The van der Waals surface area contributed by atoms with Crippen molar-refractivity contribution in [2.45, 2.75) is 37.5 Å². The summed E-state index contributed by atoms with van der Waals surface area (Å²) in [4.78, 5) is 0. The second kappa shape index (κ2) is 4.64. The van der Waals surface area contributed by atoms with Gasteiger partial charge in [-0.05, 0) is 36.6 Å². The predicted molar refractivity (Wildman–Crippen MR) is 76.7 cm³/mol. The van der Waals surface area contributed by atoms with E-state index in [1.54, 1.807) is 6.07 Å². The first-order valence-corrected chi connectivity index (χ1v) is 7.11. The highest BCUT2D eigenvalue weighted by atomic mass is 19.1. The van der Waals surface area contributed by atoms with Gasteiger partial charge >= 0.3 is 0 Å². The second-order valence-corrected chi connectivity index (χ2v) is 5.86. The minimum Gasteiger partial charge on any atom is -0.351 e. The number of hydrogen-bond donors (Lipinski definition) is 1. The van der Waals surface area contributed by atoms with Crippen LogP contribution in [0.1, 0.15) is 37.7 Å². The van der Waals surface area contributed by atoms with Gasteiger partial charge in [-0.3, -0.25) is 0 Å². The molecule has 102 valence electrons. The molecule has 3 rings (SSSR count). The molecular weight excluding hydrogens is 239 g/mol. The summed E-state index contributed by atoms with van der Waals surface area (Å²) in [6.45, 7) is 0.542. The van der Waals surface area contributed by atoms with Crippen molar-refractivity contribution in [1.29, 1.82) is 0 Å². The van der Waals surface area contributed by atoms with Gasteiger partial charge in [0.25, 0.3) is 0 Å². The maximum absolute atomic E-state index is 14.5. The molecule has 1 aliphatic carbocycles. The monoisotopic (exact) mass is 260 g/mol. The first-order chi connectivity index (χ1) is 9.16. The third kappa shape index (κ3) is 1.96. The minimum absolute atomic E-state index is 0.0916. The number of aryl methyl sites for hydroxylation is 1. The van der Waals surface area contributed by atoms with E-state index in [0.29, 0.717) is 6.54 Å². The Morgan fingerprint density at radius 1 is 1.26 bits per heavy atom. The Morgan fingerprint density at radius 3 is 2.68 bits per heavy atom. The van der Waals surface area contributed by atoms with Gasteiger partial charge < -0.3 is 10.3 Å². The highest BCUT2D eigenvalue weighted by molar-refractivity contribution is 5.81. The summed E-state index contributed by atoms with van der Waals surface area (Å²) in [7, 11) is 2.00. The number of hydrogen-bond acceptors (Lipinski definition) is 1. The van der Waals surface area contributed by atoms with Crippen LogP contribution in [0.5, 0.6) is 0 Å². The van der Waals surface area contributed by atoms with Crippen molar-refractivity contribution < 1.29 is 4.39 Å². The molecule has 3 heteroatoms. The maximum atomic E-state index is 14.5. The van der Waals surface area contributed by atoms with Gasteiger partial charge in [0.15, 0.2) is 0 Å². The summed E-state index contributed by atoms with van der Waals surface area (Å²) < 4.78 is 16.5. The zero-order valence-electron chi connectivity index (χ0n) is 11.5. The summed E-state index contributed by atoms with van der Waals surface area (Å²) in [5.74, 6) is -0.0916. The molecule has 2 aromatic rings. The van der Waals surface area contributed by atoms with Crippen molar-refractivity contribution in [3.8, 4) is 0 Å². The van der Waals surface area contributed by atoms with Gasteiger partial charge in [0, 0.05) is 36.1 Å². The van der Waals surface area contributed by atoms with Crippen LogP contribution in [-0.2, 0) is 12.5 Å². The van der Waals surface area contributed by atoms with Crippen molar-refractivity contribution in [1.82, 2.24) is 4.57 Å². The number of nitrogens with two attached hydrogens (primary N) is 1. The van der Waals surface area contributed by atoms with Crippen molar-refractivity contribution in [3.05, 3.63) is 35.8 Å². The molecule has 1 saturated carbocycles. The van der Waals surface area contributed by atoms with Crippen molar-refractivity contribution in [2.24, 2.45) is 12.8 Å². The van der Waals surface area contributed by atoms with Gasteiger partial charge in [-0.15, -0.1) is 0 Å². The first-order valence-electron chi connectivity index (χ1n) is 7.11. The fourth-order valence-electron chi connectivity index (χ4n) is 3.51. The quantitative estimate of drug-likeness (QED) is 0.880. The lowest BCUT2D eigenvalue weighted by molar-refractivity contribution is 0.292. The molecule has 0 aliphatic heterocycles. The van der Waals surface area contributed by atoms with E-state index >= 15 is 0 Å². The number of nitrogens with zero attached hydrogens (tertiary/aromatic N) is 1. The van der Waals surface area contributed by atoms with E-state index in [1.165, 1.54) is 6.42 Å². The summed E-state index contributed by atoms with van der Waals surface area (Å²) in [6.07, 6.45) is 7.55. The Hall–Kier alpha value is -1.35. The van der Waals surface area contributed by atoms with Crippen molar-refractivity contribution in [2.75, 3.05) is 6.54 Å². The van der Waals surface area contributed by atoms with Gasteiger partial charge in [0.1, 0.15) is 5.82 Å². The van der Waals surface area contributed by atoms with Crippen LogP contribution < -0.4 is 5.73 Å². The van der Waals surface area contributed by atoms with E-state index in [-0.39, 0.29) is 11.2 Å². The lowest BCUT2D eigenvalue weighted by Crippen LogP contribution is -2.38. The lowest BCUT2D eigenvalue weighted by atomic mass is 9.69. The molecule has 1 aromatic carbocycles. The van der Waals surface area contributed by atoms with Crippen LogP contribution >= 0.6 is 0 Å². The van der Waals surface area contributed by atoms with Gasteiger partial charge in [0.05, 0.1) is 0 Å². The van der Waals surface area contributed by atoms with Crippen molar-refractivity contribution >= 4 is 10.9 Å². The second-order valence-electron chi connectivity index (χ2n) is 5.86. The number of rotatable bonds is 2. The fraction of sp³-hybridized carbons (Fsp3) is 0.500. The molecule has 0 saturated heterocycles. The first kappa shape index (κ1) is 12.7. The number of aromatic nitrogens is 1. The molecule has 1 aromatic heterocycles. The number of benzene rings is 1. The largest absolute Gasteiger partial charge is 0.351 e. The maximum Gasteiger partial charge on any atom is 0.127 e. The third-order valence-electron chi connectivity index (χ3n) is 4.75. The Labute approximate surface area is 113 Å². The molecule has 0 bridgehead atoms. The molecule has 1 heterocycles. The number of fused-ring (bicyclic) bond motifs is 1. The highest BCUT2D eigenvalue weighted by Gasteiger charge is 2.35. The van der Waals surface area contributed by atoms with Crippen LogP contribution in [0.25, 0.3) is 10.9 Å². The Kier molecular flexibility index (Phi) is 3.09. The van der Waals surface area contributed by atoms with Gasteiger partial charge in [0.2, 0.25) is 0 Å². The molecule has 1 fully saturated rings. The molecular formula is C16H21FN2. The van der Waals surface area contributed by atoms with Gasteiger partial charge in [-0.1, -0.05) is 19.3 Å². The van der Waals surface area contributed by atoms with Crippen LogP contribution in [-0.4, -0.2) is 11.1 Å². The summed E-state index contributed by atoms with van der Waals surface area (Å²) in [5, 5.41) is 0.965. The van der Waals surface area contributed by atoms with Crippen LogP contribution in [0.2, 0.25) is 0 Å². The molecule has 2 N–H and O–H groups in total. The standard InChI is InChI=1S/C16H21FN2/c1-19-8-5-12-9-14(17)13(10-15(12)19)16(11-18)6-3-2-4-7-16/h5,8-10H,2-4,6-7,11,18H2,1H3. The molecule has 1 aliphatic rings. The zero-order chi connectivity index (χ0) is 13.5. The smallest absolute Gasteiger partial charge is 0.127 e. The van der Waals surface area contributed by atoms with E-state index in [9.17, 15) is 4.39 Å². The molecule has 2 nitrogen and oxygen atoms in total. The average Bonchev–Trinajstić information content (AvgIpc) is 2.79. The van der Waals surface area contributed by atoms with E-state index in [1.807, 2.05) is 29.9 Å². The molecule has 0 unspecified atom stereocenters. The fourth-order valence-corrected chi connectivity index (χ4v) is 3.51. The molecule has 0 spiro atoms. The van der Waals surface area contributed by atoms with Crippen LogP contribution in [0.15, 0.2) is 24.4 Å². The molecule has 19 heavy (non-hydrogen) atoms. The SMILES string of the molecule is Cn1ccc2cc(F)c(C3(CN)CCCCC3)cc21. The number of halogens is 1. The summed E-state index contributed by atoms with van der Waals surface area (Å²) in [6, 6.07) is 5.64. The minimum atomic E-state index is -0.152. The molecule has 0 atom stereocenters. The van der Waals surface area contributed by atoms with Crippen LogP contribution in [0, 0.1) is 5.82 Å². The van der Waals surface area contributed by atoms with Crippen molar-refractivity contribution in [3.63, 3.8) is 0 Å². The van der Waals surface area contributed by atoms with Crippen LogP contribution in [0.3, 0.4) is 0 Å². The van der Waals surface area contributed by atoms with E-state index in [4.69, 9.17) is 5.73 Å². The predicted octanol–water partition coefficient (Wildman–Crippen LogP) is 3.48. The zero-order valence-corrected chi connectivity index (χ0v) is 11.5. The Bertz CT molecular complexity index is 594. The van der Waals surface area contributed by atoms with E-state index < -0.39 is 0 Å². The third-order valence-corrected chi connectivity index (χ3v) is 4.75. The van der Waals surface area contributed by atoms with Gasteiger partial charge in [-0.25, -0.2) is 4.39 Å². The average molecular weight is 260 g/mol. The lowest BCUT2D eigenvalue weighted by Gasteiger charge is -2.37. The summed E-state index contributed by atoms with van der Waals surface area (Å²) in [5.41, 5.74) is 7.79. The topological polar surface area (TPSA) is 30.9 Å². The summed E-state index contributed by atoms with van der Waals surface area (Å²) >= 11 is 0. The van der Waals surface area contributed by atoms with E-state index in [2.05, 4.69) is 0 Å². The van der Waals surface area contributed by atoms with E-state index in [0.717, 1.165) is 42.1 Å². The normalized spacial score (nSPS) is 18.9. The molecule has 0 radical (unpaired) electrons. The molecule has 0 amide bonds. The Morgan fingerprint density at radius 2 is 2.00 bits per heavy atom. The Balaban J connectivity index is 2.16. The van der Waals surface area contributed by atoms with Gasteiger partial charge in [-0.2, -0.15) is 0 Å².